The van der Waals surface area contributed by atoms with Crippen molar-refractivity contribution in [2.45, 2.75) is 26.7 Å². The number of carbonyl (C=O) groups is 2. The minimum absolute atomic E-state index is 0.0761. The normalized spacial score (nSPS) is 17.9. The molecule has 9 nitrogen and oxygen atoms in total. The maximum absolute atomic E-state index is 13.1. The average Bonchev–Trinajstić information content (AvgIpc) is 2.90. The standard InChI is InChI=1S/C28H35N5O4/c1-19-15-20(2)18-32(17-19)14-6-13-29-25(34)16-30-27(35)26-23-7-4-5-8-24(23)28(36)33(31-26)21-9-11-22(37-3)12-10-21/h4-5,7-12,19-20H,6,13-18H2,1-3H3,(H,29,34)(H,30,35)/t19-,20+. The van der Waals surface area contributed by atoms with E-state index in [1.807, 2.05) is 0 Å². The first-order valence-corrected chi connectivity index (χ1v) is 12.8. The Morgan fingerprint density at radius 2 is 1.68 bits per heavy atom. The number of benzene rings is 2. The molecule has 2 N–H and O–H groups in total. The van der Waals surface area contributed by atoms with E-state index in [1.54, 1.807) is 55.6 Å². The van der Waals surface area contributed by atoms with Crippen LogP contribution in [-0.2, 0) is 4.79 Å². The van der Waals surface area contributed by atoms with Crippen LogP contribution in [-0.4, -0.2) is 66.3 Å². The monoisotopic (exact) mass is 505 g/mol. The Balaban J connectivity index is 1.38. The number of rotatable bonds is 9. The van der Waals surface area contributed by atoms with E-state index < -0.39 is 5.91 Å². The number of hydrogen-bond acceptors (Lipinski definition) is 6. The number of aromatic nitrogens is 2. The molecule has 0 radical (unpaired) electrons. The second kappa shape index (κ2) is 12.0. The van der Waals surface area contributed by atoms with Gasteiger partial charge < -0.3 is 20.3 Å². The van der Waals surface area contributed by atoms with Gasteiger partial charge in [0.15, 0.2) is 5.69 Å². The van der Waals surface area contributed by atoms with Crippen LogP contribution in [0.4, 0.5) is 0 Å². The van der Waals surface area contributed by atoms with E-state index in [-0.39, 0.29) is 23.7 Å². The van der Waals surface area contributed by atoms with Crippen molar-refractivity contribution in [3.8, 4) is 11.4 Å². The number of nitrogens with zero attached hydrogens (tertiary/aromatic N) is 3. The molecule has 2 aromatic carbocycles. The van der Waals surface area contributed by atoms with Crippen LogP contribution >= 0.6 is 0 Å². The number of ether oxygens (including phenoxy) is 1. The first-order valence-electron chi connectivity index (χ1n) is 12.8. The minimum atomic E-state index is -0.523. The van der Waals surface area contributed by atoms with Crippen molar-refractivity contribution in [2.24, 2.45) is 11.8 Å². The summed E-state index contributed by atoms with van der Waals surface area (Å²) < 4.78 is 6.38. The van der Waals surface area contributed by atoms with Gasteiger partial charge >= 0.3 is 0 Å². The number of piperidine rings is 1. The molecule has 0 unspecified atom stereocenters. The van der Waals surface area contributed by atoms with Crippen LogP contribution in [0.1, 0.15) is 37.2 Å². The molecule has 37 heavy (non-hydrogen) atoms. The van der Waals surface area contributed by atoms with Crippen molar-refractivity contribution >= 4 is 22.6 Å². The van der Waals surface area contributed by atoms with E-state index in [0.717, 1.165) is 26.1 Å². The van der Waals surface area contributed by atoms with E-state index in [4.69, 9.17) is 4.74 Å². The molecular formula is C28H35N5O4. The average molecular weight is 506 g/mol. The highest BCUT2D eigenvalue weighted by Gasteiger charge is 2.21. The third kappa shape index (κ3) is 6.54. The van der Waals surface area contributed by atoms with Crippen molar-refractivity contribution in [3.05, 3.63) is 64.6 Å². The van der Waals surface area contributed by atoms with Crippen molar-refractivity contribution in [3.63, 3.8) is 0 Å². The van der Waals surface area contributed by atoms with Gasteiger partial charge in [-0.15, -0.1) is 0 Å². The highest BCUT2D eigenvalue weighted by atomic mass is 16.5. The van der Waals surface area contributed by atoms with Gasteiger partial charge in [-0.3, -0.25) is 14.4 Å². The molecular weight excluding hydrogens is 470 g/mol. The highest BCUT2D eigenvalue weighted by molar-refractivity contribution is 6.05. The molecule has 4 rings (SSSR count). The Hall–Kier alpha value is -3.72. The second-order valence-electron chi connectivity index (χ2n) is 9.90. The lowest BCUT2D eigenvalue weighted by atomic mass is 9.92. The Morgan fingerprint density at radius 1 is 1.00 bits per heavy atom. The van der Waals surface area contributed by atoms with E-state index in [2.05, 4.69) is 34.5 Å². The molecule has 2 heterocycles. The minimum Gasteiger partial charge on any atom is -0.497 e. The number of nitrogens with one attached hydrogen (secondary N) is 2. The van der Waals surface area contributed by atoms with Gasteiger partial charge in [0.05, 0.1) is 24.7 Å². The molecule has 9 heteroatoms. The van der Waals surface area contributed by atoms with Gasteiger partial charge in [-0.2, -0.15) is 9.78 Å². The molecule has 1 aromatic heterocycles. The number of likely N-dealkylation sites (tertiary alicyclic amines) is 1. The Labute approximate surface area is 216 Å². The number of amides is 2. The van der Waals surface area contributed by atoms with Gasteiger partial charge in [0, 0.05) is 25.0 Å². The number of methoxy groups -OCH3 is 1. The van der Waals surface area contributed by atoms with Gasteiger partial charge in [-0.1, -0.05) is 32.0 Å². The van der Waals surface area contributed by atoms with Crippen LogP contribution in [0.3, 0.4) is 0 Å². The van der Waals surface area contributed by atoms with Gasteiger partial charge in [0.2, 0.25) is 5.91 Å². The zero-order chi connectivity index (χ0) is 26.4. The van der Waals surface area contributed by atoms with Crippen LogP contribution in [0.15, 0.2) is 53.3 Å². The molecule has 3 aromatic rings. The summed E-state index contributed by atoms with van der Waals surface area (Å²) in [6.45, 7) is 8.11. The van der Waals surface area contributed by atoms with E-state index in [9.17, 15) is 14.4 Å². The van der Waals surface area contributed by atoms with Crippen LogP contribution < -0.4 is 20.9 Å². The second-order valence-corrected chi connectivity index (χ2v) is 9.90. The largest absolute Gasteiger partial charge is 0.497 e. The summed E-state index contributed by atoms with van der Waals surface area (Å²) in [5.74, 6) is 1.27. The zero-order valence-corrected chi connectivity index (χ0v) is 21.7. The fourth-order valence-corrected chi connectivity index (χ4v) is 5.07. The summed E-state index contributed by atoms with van der Waals surface area (Å²) in [6, 6.07) is 13.7. The van der Waals surface area contributed by atoms with Gasteiger partial charge in [0.1, 0.15) is 5.75 Å². The molecule has 0 saturated carbocycles. The predicted octanol–water partition coefficient (Wildman–Crippen LogP) is 2.61. The SMILES string of the molecule is COc1ccc(-n2nc(C(=O)NCC(=O)NCCCN3C[C@H](C)C[C@H](C)C3)c3ccccc3c2=O)cc1. The van der Waals surface area contributed by atoms with Crippen LogP contribution in [0.25, 0.3) is 16.5 Å². The molecule has 1 aliphatic heterocycles. The zero-order valence-electron chi connectivity index (χ0n) is 21.7. The molecule has 0 bridgehead atoms. The fourth-order valence-electron chi connectivity index (χ4n) is 5.07. The number of fused-ring (bicyclic) bond motifs is 1. The number of carbonyl (C=O) groups excluding carboxylic acids is 2. The smallest absolute Gasteiger partial charge is 0.279 e. The van der Waals surface area contributed by atoms with Crippen molar-refractivity contribution in [1.82, 2.24) is 25.3 Å². The predicted molar refractivity (Wildman–Crippen MR) is 143 cm³/mol. The summed E-state index contributed by atoms with van der Waals surface area (Å²) in [5.41, 5.74) is 0.237. The molecule has 2 atom stereocenters. The maximum atomic E-state index is 13.1. The Kier molecular flexibility index (Phi) is 8.55. The third-order valence-corrected chi connectivity index (χ3v) is 6.66. The molecule has 0 spiro atoms. The molecule has 1 aliphatic rings. The first-order chi connectivity index (χ1) is 17.9. The molecule has 2 amide bonds. The van der Waals surface area contributed by atoms with Crippen LogP contribution in [0.5, 0.6) is 5.75 Å². The Morgan fingerprint density at radius 3 is 2.35 bits per heavy atom. The van der Waals surface area contributed by atoms with Crippen molar-refractivity contribution in [2.75, 3.05) is 39.8 Å². The van der Waals surface area contributed by atoms with E-state index in [1.165, 1.54) is 11.1 Å². The van der Waals surface area contributed by atoms with Crippen molar-refractivity contribution < 1.29 is 14.3 Å². The van der Waals surface area contributed by atoms with Gasteiger partial charge in [0.25, 0.3) is 11.5 Å². The summed E-state index contributed by atoms with van der Waals surface area (Å²) in [6.07, 6.45) is 2.13. The highest BCUT2D eigenvalue weighted by Crippen LogP contribution is 2.21. The lowest BCUT2D eigenvalue weighted by Gasteiger charge is -2.34. The summed E-state index contributed by atoms with van der Waals surface area (Å²) in [5, 5.41) is 10.7. The summed E-state index contributed by atoms with van der Waals surface area (Å²) in [4.78, 5) is 41.0. The van der Waals surface area contributed by atoms with Crippen molar-refractivity contribution in [1.29, 1.82) is 0 Å². The maximum Gasteiger partial charge on any atom is 0.279 e. The van der Waals surface area contributed by atoms with Crippen LogP contribution in [0.2, 0.25) is 0 Å². The lowest BCUT2D eigenvalue weighted by Crippen LogP contribution is -2.41. The third-order valence-electron chi connectivity index (χ3n) is 6.66. The van der Waals surface area contributed by atoms with Gasteiger partial charge in [-0.25, -0.2) is 0 Å². The lowest BCUT2D eigenvalue weighted by molar-refractivity contribution is -0.120. The number of hydrogen-bond donors (Lipinski definition) is 2. The van der Waals surface area contributed by atoms with Crippen LogP contribution in [0, 0.1) is 11.8 Å². The quantitative estimate of drug-likeness (QED) is 0.433. The van der Waals surface area contributed by atoms with Gasteiger partial charge in [-0.05, 0) is 61.6 Å². The van der Waals surface area contributed by atoms with E-state index >= 15 is 0 Å². The fraction of sp³-hybridized carbons (Fsp3) is 0.429. The Bertz CT molecular complexity index is 1290. The molecule has 0 aliphatic carbocycles. The van der Waals surface area contributed by atoms with E-state index in [0.29, 0.717) is 40.6 Å². The topological polar surface area (TPSA) is 106 Å². The molecule has 196 valence electrons. The first kappa shape index (κ1) is 26.3. The summed E-state index contributed by atoms with van der Waals surface area (Å²) in [7, 11) is 1.56. The summed E-state index contributed by atoms with van der Waals surface area (Å²) >= 11 is 0. The molecule has 1 fully saturated rings. The molecule has 1 saturated heterocycles.